The summed E-state index contributed by atoms with van der Waals surface area (Å²) in [5.41, 5.74) is 0. The van der Waals surface area contributed by atoms with Crippen molar-refractivity contribution in [2.24, 2.45) is 0 Å². The number of benzene rings is 1. The Balaban J connectivity index is 2.07. The first-order chi connectivity index (χ1) is 10.6. The lowest BCUT2D eigenvalue weighted by Gasteiger charge is -2.04. The molecule has 0 atom stereocenters. The van der Waals surface area contributed by atoms with Crippen LogP contribution in [0.25, 0.3) is 0 Å². The number of aromatic nitrogens is 2. The fraction of sp³-hybridized carbons (Fsp3) is 0.182. The van der Waals surface area contributed by atoms with Crippen molar-refractivity contribution < 1.29 is 26.4 Å². The Kier molecular flexibility index (Phi) is 5.06. The summed E-state index contributed by atoms with van der Waals surface area (Å²) in [6.45, 7) is 0. The van der Waals surface area contributed by atoms with Crippen LogP contribution in [0.2, 0.25) is 0 Å². The second-order valence-corrected chi connectivity index (χ2v) is 8.05. The average Bonchev–Trinajstić information content (AvgIpc) is 2.86. The molecule has 0 saturated heterocycles. The Labute approximate surface area is 140 Å². The van der Waals surface area contributed by atoms with Crippen LogP contribution in [0.1, 0.15) is 5.01 Å². The molecule has 0 bridgehead atoms. The SMILES string of the molecule is O=C(CS(=O)(=O)c1ccc(Br)cc1)Nc1nnc(C(F)(F)F)s1. The number of halogens is 4. The van der Waals surface area contributed by atoms with Gasteiger partial charge in [0.25, 0.3) is 0 Å². The van der Waals surface area contributed by atoms with Crippen molar-refractivity contribution in [3.05, 3.63) is 33.7 Å². The molecule has 2 rings (SSSR count). The fourth-order valence-corrected chi connectivity index (χ4v) is 3.47. The molecule has 0 aliphatic rings. The number of amides is 1. The highest BCUT2D eigenvalue weighted by Gasteiger charge is 2.36. The lowest BCUT2D eigenvalue weighted by Crippen LogP contribution is -2.22. The molecule has 0 spiro atoms. The number of hydrogen-bond donors (Lipinski definition) is 1. The number of hydrogen-bond acceptors (Lipinski definition) is 6. The fourth-order valence-electron chi connectivity index (χ4n) is 1.44. The van der Waals surface area contributed by atoms with Gasteiger partial charge in [-0.05, 0) is 24.3 Å². The standard InChI is InChI=1S/C11H7BrF3N3O3S2/c12-6-1-3-7(4-2-6)23(20,21)5-8(19)16-10-18-17-9(22-10)11(13,14)15/h1-4H,5H2,(H,16,18,19). The highest BCUT2D eigenvalue weighted by Crippen LogP contribution is 2.33. The molecule has 23 heavy (non-hydrogen) atoms. The third-order valence-corrected chi connectivity index (χ3v) is 5.45. The van der Waals surface area contributed by atoms with E-state index < -0.39 is 37.8 Å². The normalized spacial score (nSPS) is 12.2. The van der Waals surface area contributed by atoms with Crippen molar-refractivity contribution in [2.75, 3.05) is 11.1 Å². The van der Waals surface area contributed by atoms with Gasteiger partial charge >= 0.3 is 6.18 Å². The molecule has 0 aliphatic carbocycles. The van der Waals surface area contributed by atoms with E-state index in [0.717, 1.165) is 0 Å². The van der Waals surface area contributed by atoms with Crippen LogP contribution in [0, 0.1) is 0 Å². The topological polar surface area (TPSA) is 89.0 Å². The molecular weight excluding hydrogens is 423 g/mol. The number of carbonyl (C=O) groups excluding carboxylic acids is 1. The molecule has 0 aliphatic heterocycles. The molecule has 1 aromatic carbocycles. The monoisotopic (exact) mass is 429 g/mol. The number of alkyl halides is 3. The lowest BCUT2D eigenvalue weighted by molar-refractivity contribution is -0.138. The molecule has 1 aromatic heterocycles. The van der Waals surface area contributed by atoms with Gasteiger partial charge in [0.2, 0.25) is 16.0 Å². The summed E-state index contributed by atoms with van der Waals surface area (Å²) in [5, 5.41) is 6.37. The molecule has 0 radical (unpaired) electrons. The maximum atomic E-state index is 12.4. The maximum Gasteiger partial charge on any atom is 0.445 e. The zero-order valence-electron chi connectivity index (χ0n) is 11.0. The molecule has 0 fully saturated rings. The second kappa shape index (κ2) is 6.53. The van der Waals surface area contributed by atoms with Gasteiger partial charge in [0, 0.05) is 4.47 Å². The van der Waals surface area contributed by atoms with Crippen molar-refractivity contribution in [3.63, 3.8) is 0 Å². The molecule has 1 N–H and O–H groups in total. The molecule has 6 nitrogen and oxygen atoms in total. The Hall–Kier alpha value is -1.53. The minimum absolute atomic E-state index is 0.0795. The molecule has 2 aromatic rings. The smallest absolute Gasteiger partial charge is 0.300 e. The number of rotatable bonds is 4. The van der Waals surface area contributed by atoms with Crippen molar-refractivity contribution in [1.82, 2.24) is 10.2 Å². The van der Waals surface area contributed by atoms with Crippen LogP contribution in [-0.4, -0.2) is 30.3 Å². The average molecular weight is 430 g/mol. The lowest BCUT2D eigenvalue weighted by atomic mass is 10.4. The number of nitrogens with zero attached hydrogens (tertiary/aromatic N) is 2. The third kappa shape index (κ3) is 4.72. The summed E-state index contributed by atoms with van der Waals surface area (Å²) in [6.07, 6.45) is -4.68. The van der Waals surface area contributed by atoms with Crippen LogP contribution < -0.4 is 5.32 Å². The van der Waals surface area contributed by atoms with Gasteiger partial charge in [-0.3, -0.25) is 10.1 Å². The predicted octanol–water partition coefficient (Wildman–Crippen LogP) is 2.73. The first-order valence-electron chi connectivity index (χ1n) is 5.77. The van der Waals surface area contributed by atoms with Crippen molar-refractivity contribution in [3.8, 4) is 0 Å². The molecule has 124 valence electrons. The maximum absolute atomic E-state index is 12.4. The van der Waals surface area contributed by atoms with E-state index in [1.165, 1.54) is 24.3 Å². The van der Waals surface area contributed by atoms with Gasteiger partial charge in [-0.1, -0.05) is 27.3 Å². The summed E-state index contributed by atoms with van der Waals surface area (Å²) in [7, 11) is -3.92. The molecule has 12 heteroatoms. The Morgan fingerprint density at radius 1 is 1.22 bits per heavy atom. The van der Waals surface area contributed by atoms with Gasteiger partial charge in [-0.25, -0.2) is 8.42 Å². The van der Waals surface area contributed by atoms with Crippen molar-refractivity contribution in [1.29, 1.82) is 0 Å². The van der Waals surface area contributed by atoms with Crippen LogP contribution in [0.4, 0.5) is 18.3 Å². The first kappa shape index (κ1) is 17.8. The Bertz CT molecular complexity index is 819. The zero-order chi connectivity index (χ0) is 17.3. The van der Waals surface area contributed by atoms with E-state index in [1.807, 2.05) is 5.32 Å². The summed E-state index contributed by atoms with van der Waals surface area (Å²) in [4.78, 5) is 11.6. The number of carbonyl (C=O) groups is 1. The van der Waals surface area contributed by atoms with Gasteiger partial charge in [-0.2, -0.15) is 13.2 Å². The molecular formula is C11H7BrF3N3O3S2. The minimum atomic E-state index is -4.68. The molecule has 0 saturated carbocycles. The molecule has 1 heterocycles. The number of anilines is 1. The largest absolute Gasteiger partial charge is 0.445 e. The van der Waals surface area contributed by atoms with E-state index in [1.54, 1.807) is 0 Å². The summed E-state index contributed by atoms with van der Waals surface area (Å²) in [6, 6.07) is 5.59. The van der Waals surface area contributed by atoms with Gasteiger partial charge in [0.05, 0.1) is 4.90 Å². The zero-order valence-corrected chi connectivity index (χ0v) is 14.2. The van der Waals surface area contributed by atoms with E-state index in [-0.39, 0.29) is 16.2 Å². The van der Waals surface area contributed by atoms with E-state index in [4.69, 9.17) is 0 Å². The predicted molar refractivity (Wildman–Crippen MR) is 79.7 cm³/mol. The third-order valence-electron chi connectivity index (χ3n) is 2.41. The van der Waals surface area contributed by atoms with Gasteiger partial charge < -0.3 is 0 Å². The summed E-state index contributed by atoms with van der Waals surface area (Å²) in [5.74, 6) is -1.92. The van der Waals surface area contributed by atoms with E-state index in [9.17, 15) is 26.4 Å². The summed E-state index contributed by atoms with van der Waals surface area (Å²) < 4.78 is 61.8. The highest BCUT2D eigenvalue weighted by atomic mass is 79.9. The van der Waals surface area contributed by atoms with Crippen LogP contribution in [-0.2, 0) is 20.8 Å². The van der Waals surface area contributed by atoms with E-state index in [0.29, 0.717) is 4.47 Å². The van der Waals surface area contributed by atoms with E-state index >= 15 is 0 Å². The minimum Gasteiger partial charge on any atom is -0.300 e. The number of sulfone groups is 1. The highest BCUT2D eigenvalue weighted by molar-refractivity contribution is 9.10. The van der Waals surface area contributed by atoms with E-state index in [2.05, 4.69) is 26.1 Å². The van der Waals surface area contributed by atoms with Crippen LogP contribution in [0.5, 0.6) is 0 Å². The molecule has 0 unspecified atom stereocenters. The summed E-state index contributed by atoms with van der Waals surface area (Å²) >= 11 is 3.26. The van der Waals surface area contributed by atoms with Gasteiger partial charge in [0.15, 0.2) is 9.84 Å². The number of nitrogens with one attached hydrogen (secondary N) is 1. The second-order valence-electron chi connectivity index (χ2n) is 4.17. The molecule has 1 amide bonds. The van der Waals surface area contributed by atoms with Gasteiger partial charge in [-0.15, -0.1) is 10.2 Å². The van der Waals surface area contributed by atoms with Crippen LogP contribution >= 0.6 is 27.3 Å². The Morgan fingerprint density at radius 3 is 2.35 bits per heavy atom. The quantitative estimate of drug-likeness (QED) is 0.806. The Morgan fingerprint density at radius 2 is 1.83 bits per heavy atom. The van der Waals surface area contributed by atoms with Crippen molar-refractivity contribution in [2.45, 2.75) is 11.1 Å². The first-order valence-corrected chi connectivity index (χ1v) is 9.03. The van der Waals surface area contributed by atoms with Crippen LogP contribution in [0.3, 0.4) is 0 Å². The van der Waals surface area contributed by atoms with Crippen molar-refractivity contribution >= 4 is 48.1 Å². The van der Waals surface area contributed by atoms with Crippen LogP contribution in [0.15, 0.2) is 33.6 Å². The van der Waals surface area contributed by atoms with Gasteiger partial charge in [0.1, 0.15) is 5.75 Å².